The molecule has 0 radical (unpaired) electrons. The van der Waals surface area contributed by atoms with Gasteiger partial charge in [-0.2, -0.15) is 0 Å². The van der Waals surface area contributed by atoms with Crippen molar-refractivity contribution in [3.63, 3.8) is 0 Å². The van der Waals surface area contributed by atoms with E-state index in [1.807, 2.05) is 24.3 Å². The monoisotopic (exact) mass is 339 g/mol. The summed E-state index contributed by atoms with van der Waals surface area (Å²) in [6.45, 7) is 2.47. The maximum atomic E-state index is 12.4. The molecular weight excluding hydrogens is 318 g/mol. The molecule has 2 fully saturated rings. The van der Waals surface area contributed by atoms with Crippen LogP contribution in [0.2, 0.25) is 0 Å². The van der Waals surface area contributed by atoms with E-state index in [9.17, 15) is 4.79 Å². The number of nitrogens with zero attached hydrogens (tertiary/aromatic N) is 3. The molecule has 4 heterocycles. The van der Waals surface area contributed by atoms with Crippen molar-refractivity contribution in [2.75, 3.05) is 19.7 Å². The van der Waals surface area contributed by atoms with Gasteiger partial charge >= 0.3 is 0 Å². The third-order valence-corrected chi connectivity index (χ3v) is 4.81. The molecule has 1 spiro atoms. The number of likely N-dealkylation sites (tertiary alicyclic amines) is 1. The minimum absolute atomic E-state index is 0.0327. The summed E-state index contributed by atoms with van der Waals surface area (Å²) in [7, 11) is 0. The molecule has 2 aliphatic heterocycles. The Morgan fingerprint density at radius 3 is 2.84 bits per heavy atom. The standard InChI is InChI=1S/C19H21N3O3/c23-18(17-3-1-2-7-21-17)22-13-19(14-22)11-16(6-10-25-19)24-12-15-4-8-20-9-5-15/h1-5,7-9,16H,6,10-14H2/t16-/m1/s1. The van der Waals surface area contributed by atoms with Crippen LogP contribution in [0.4, 0.5) is 0 Å². The topological polar surface area (TPSA) is 64.6 Å². The summed E-state index contributed by atoms with van der Waals surface area (Å²) in [6, 6.07) is 9.31. The van der Waals surface area contributed by atoms with Crippen LogP contribution in [0.5, 0.6) is 0 Å². The predicted octanol–water partition coefficient (Wildman–Crippen LogP) is 2.07. The average Bonchev–Trinajstić information content (AvgIpc) is 2.65. The number of aromatic nitrogens is 2. The molecule has 2 saturated heterocycles. The van der Waals surface area contributed by atoms with E-state index in [1.54, 1.807) is 29.6 Å². The van der Waals surface area contributed by atoms with Crippen molar-refractivity contribution in [2.45, 2.75) is 31.2 Å². The highest BCUT2D eigenvalue weighted by atomic mass is 16.5. The quantitative estimate of drug-likeness (QED) is 0.853. The molecule has 0 bridgehead atoms. The predicted molar refractivity (Wildman–Crippen MR) is 90.9 cm³/mol. The number of carbonyl (C=O) groups excluding carboxylic acids is 1. The molecule has 0 saturated carbocycles. The maximum Gasteiger partial charge on any atom is 0.272 e. The number of pyridine rings is 2. The van der Waals surface area contributed by atoms with Gasteiger partial charge in [0.2, 0.25) is 0 Å². The van der Waals surface area contributed by atoms with E-state index in [2.05, 4.69) is 9.97 Å². The summed E-state index contributed by atoms with van der Waals surface area (Å²) < 4.78 is 12.1. The van der Waals surface area contributed by atoms with Crippen molar-refractivity contribution in [1.82, 2.24) is 14.9 Å². The van der Waals surface area contributed by atoms with E-state index >= 15 is 0 Å². The zero-order chi connectivity index (χ0) is 17.1. The molecule has 0 aliphatic carbocycles. The first-order valence-corrected chi connectivity index (χ1v) is 8.59. The zero-order valence-electron chi connectivity index (χ0n) is 14.0. The van der Waals surface area contributed by atoms with Crippen LogP contribution < -0.4 is 0 Å². The van der Waals surface area contributed by atoms with Gasteiger partial charge in [-0.25, -0.2) is 0 Å². The zero-order valence-corrected chi connectivity index (χ0v) is 14.0. The first kappa shape index (κ1) is 16.2. The van der Waals surface area contributed by atoms with Gasteiger partial charge in [0.05, 0.1) is 25.8 Å². The SMILES string of the molecule is O=C(c1ccccn1)N1CC2(C[C@H](OCc3ccncc3)CCO2)C1. The van der Waals surface area contributed by atoms with Gasteiger partial charge in [-0.05, 0) is 36.2 Å². The number of amides is 1. The van der Waals surface area contributed by atoms with Crippen LogP contribution in [-0.4, -0.2) is 52.2 Å². The Balaban J connectivity index is 1.31. The lowest BCUT2D eigenvalue weighted by Gasteiger charge is -2.52. The Bertz CT molecular complexity index is 717. The van der Waals surface area contributed by atoms with Crippen molar-refractivity contribution in [3.8, 4) is 0 Å². The summed E-state index contributed by atoms with van der Waals surface area (Å²) in [5.74, 6) is -0.0327. The normalized spacial score (nSPS) is 21.8. The summed E-state index contributed by atoms with van der Waals surface area (Å²) in [5, 5.41) is 0. The lowest BCUT2D eigenvalue weighted by molar-refractivity contribution is -0.188. The Hall–Kier alpha value is -2.31. The fraction of sp³-hybridized carbons (Fsp3) is 0.421. The summed E-state index contributed by atoms with van der Waals surface area (Å²) in [6.07, 6.45) is 7.07. The molecule has 6 nitrogen and oxygen atoms in total. The Kier molecular flexibility index (Phi) is 4.46. The number of rotatable bonds is 4. The first-order valence-electron chi connectivity index (χ1n) is 8.59. The highest BCUT2D eigenvalue weighted by Gasteiger charge is 2.49. The van der Waals surface area contributed by atoms with E-state index < -0.39 is 0 Å². The molecule has 0 aromatic carbocycles. The first-order chi connectivity index (χ1) is 12.2. The van der Waals surface area contributed by atoms with Crippen molar-refractivity contribution in [2.24, 2.45) is 0 Å². The fourth-order valence-corrected chi connectivity index (χ4v) is 3.48. The second kappa shape index (κ2) is 6.90. The molecule has 0 N–H and O–H groups in total. The van der Waals surface area contributed by atoms with Gasteiger partial charge in [0.25, 0.3) is 5.91 Å². The van der Waals surface area contributed by atoms with Crippen LogP contribution in [0.25, 0.3) is 0 Å². The molecule has 4 rings (SSSR count). The van der Waals surface area contributed by atoms with E-state index in [0.29, 0.717) is 32.0 Å². The second-order valence-corrected chi connectivity index (χ2v) is 6.69. The average molecular weight is 339 g/mol. The second-order valence-electron chi connectivity index (χ2n) is 6.69. The molecule has 6 heteroatoms. The van der Waals surface area contributed by atoms with Crippen molar-refractivity contribution < 1.29 is 14.3 Å². The third-order valence-electron chi connectivity index (χ3n) is 4.81. The largest absolute Gasteiger partial charge is 0.373 e. The molecule has 130 valence electrons. The van der Waals surface area contributed by atoms with Crippen molar-refractivity contribution in [1.29, 1.82) is 0 Å². The molecule has 0 unspecified atom stereocenters. The number of carbonyl (C=O) groups is 1. The van der Waals surface area contributed by atoms with Gasteiger partial charge in [-0.1, -0.05) is 6.07 Å². The molecule has 2 aromatic rings. The van der Waals surface area contributed by atoms with Crippen LogP contribution in [-0.2, 0) is 16.1 Å². The molecular formula is C19H21N3O3. The van der Waals surface area contributed by atoms with Gasteiger partial charge < -0.3 is 14.4 Å². The van der Waals surface area contributed by atoms with Gasteiger partial charge in [-0.3, -0.25) is 14.8 Å². The highest BCUT2D eigenvalue weighted by Crippen LogP contribution is 2.36. The van der Waals surface area contributed by atoms with E-state index in [4.69, 9.17) is 9.47 Å². The maximum absolute atomic E-state index is 12.4. The van der Waals surface area contributed by atoms with Gasteiger partial charge in [0.1, 0.15) is 11.3 Å². The Morgan fingerprint density at radius 2 is 2.08 bits per heavy atom. The molecule has 1 atom stereocenters. The summed E-state index contributed by atoms with van der Waals surface area (Å²) in [5.41, 5.74) is 1.35. The molecule has 2 aromatic heterocycles. The summed E-state index contributed by atoms with van der Waals surface area (Å²) in [4.78, 5) is 22.4. The smallest absolute Gasteiger partial charge is 0.272 e. The molecule has 2 aliphatic rings. The Labute approximate surface area is 146 Å². The minimum atomic E-state index is -0.258. The lowest BCUT2D eigenvalue weighted by Crippen LogP contribution is -2.67. The van der Waals surface area contributed by atoms with Gasteiger partial charge in [-0.15, -0.1) is 0 Å². The number of hydrogen-bond donors (Lipinski definition) is 0. The van der Waals surface area contributed by atoms with Crippen LogP contribution >= 0.6 is 0 Å². The van der Waals surface area contributed by atoms with Crippen molar-refractivity contribution >= 4 is 5.91 Å². The fourth-order valence-electron chi connectivity index (χ4n) is 3.48. The van der Waals surface area contributed by atoms with Gasteiger partial charge in [0.15, 0.2) is 0 Å². The molecule has 1 amide bonds. The van der Waals surface area contributed by atoms with Crippen LogP contribution in [0.1, 0.15) is 28.9 Å². The number of hydrogen-bond acceptors (Lipinski definition) is 5. The van der Waals surface area contributed by atoms with E-state index in [-0.39, 0.29) is 17.6 Å². The van der Waals surface area contributed by atoms with Crippen LogP contribution in [0.15, 0.2) is 48.9 Å². The van der Waals surface area contributed by atoms with E-state index in [1.165, 1.54) is 0 Å². The van der Waals surface area contributed by atoms with Crippen molar-refractivity contribution in [3.05, 3.63) is 60.2 Å². The third kappa shape index (κ3) is 3.55. The van der Waals surface area contributed by atoms with E-state index in [0.717, 1.165) is 18.4 Å². The van der Waals surface area contributed by atoms with Crippen LogP contribution in [0.3, 0.4) is 0 Å². The molecule has 25 heavy (non-hydrogen) atoms. The highest BCUT2D eigenvalue weighted by molar-refractivity contribution is 5.93. The van der Waals surface area contributed by atoms with Crippen LogP contribution in [0, 0.1) is 0 Å². The number of ether oxygens (including phenoxy) is 2. The van der Waals surface area contributed by atoms with Gasteiger partial charge in [0, 0.05) is 31.6 Å². The minimum Gasteiger partial charge on any atom is -0.373 e. The Morgan fingerprint density at radius 1 is 1.24 bits per heavy atom. The lowest BCUT2D eigenvalue weighted by atomic mass is 9.84. The summed E-state index contributed by atoms with van der Waals surface area (Å²) >= 11 is 0.